The standard InChI is InChI=1S/C20H26N4O3S/c1-16(2)22(3)28(26,27)18-8-6-7-17(15-18)20(25)24-13-11-23(12-14-24)19-9-4-5-10-21-19/h4-10,15-16H,11-14H2,1-3H3. The fraction of sp³-hybridized carbons (Fsp3) is 0.400. The van der Waals surface area contributed by atoms with Gasteiger partial charge in [0.15, 0.2) is 0 Å². The normalized spacial score (nSPS) is 15.3. The molecule has 1 aliphatic rings. The van der Waals surface area contributed by atoms with Crippen LogP contribution < -0.4 is 4.90 Å². The zero-order chi connectivity index (χ0) is 20.3. The summed E-state index contributed by atoms with van der Waals surface area (Å²) in [5, 5.41) is 0. The van der Waals surface area contributed by atoms with Crippen LogP contribution in [0.3, 0.4) is 0 Å². The van der Waals surface area contributed by atoms with Gasteiger partial charge in [-0.15, -0.1) is 0 Å². The van der Waals surface area contributed by atoms with E-state index in [1.165, 1.54) is 16.4 Å². The number of amides is 1. The van der Waals surface area contributed by atoms with Crippen molar-refractivity contribution in [3.05, 3.63) is 54.2 Å². The molecule has 7 nitrogen and oxygen atoms in total. The molecule has 0 saturated carbocycles. The Hall–Kier alpha value is -2.45. The lowest BCUT2D eigenvalue weighted by molar-refractivity contribution is 0.0746. The second-order valence-corrected chi connectivity index (χ2v) is 9.11. The number of piperazine rings is 1. The predicted octanol–water partition coefficient (Wildman–Crippen LogP) is 2.07. The van der Waals surface area contributed by atoms with Gasteiger partial charge in [0.25, 0.3) is 5.91 Å². The Kier molecular flexibility index (Phi) is 6.00. The molecule has 1 fully saturated rings. The average molecular weight is 403 g/mol. The Labute approximate surface area is 166 Å². The Balaban J connectivity index is 1.72. The third-order valence-electron chi connectivity index (χ3n) is 5.03. The van der Waals surface area contributed by atoms with E-state index < -0.39 is 10.0 Å². The van der Waals surface area contributed by atoms with Crippen molar-refractivity contribution in [3.63, 3.8) is 0 Å². The van der Waals surface area contributed by atoms with E-state index in [0.717, 1.165) is 5.82 Å². The molecule has 3 rings (SSSR count). The molecule has 0 N–H and O–H groups in total. The van der Waals surface area contributed by atoms with Crippen LogP contribution in [-0.2, 0) is 10.0 Å². The summed E-state index contributed by atoms with van der Waals surface area (Å²) >= 11 is 0. The second-order valence-electron chi connectivity index (χ2n) is 7.11. The minimum absolute atomic E-state index is 0.140. The number of carbonyl (C=O) groups excluding carboxylic acids is 1. The van der Waals surface area contributed by atoms with Crippen LogP contribution in [-0.4, -0.2) is 67.8 Å². The molecule has 28 heavy (non-hydrogen) atoms. The Bertz CT molecular complexity index is 923. The molecule has 1 aromatic heterocycles. The minimum atomic E-state index is -3.62. The summed E-state index contributed by atoms with van der Waals surface area (Å²) in [5.41, 5.74) is 0.393. The quantitative estimate of drug-likeness (QED) is 0.766. The van der Waals surface area contributed by atoms with Crippen molar-refractivity contribution in [3.8, 4) is 0 Å². The summed E-state index contributed by atoms with van der Waals surface area (Å²) < 4.78 is 26.7. The van der Waals surface area contributed by atoms with Gasteiger partial charge in [0.05, 0.1) is 4.90 Å². The van der Waals surface area contributed by atoms with Crippen LogP contribution in [0.4, 0.5) is 5.82 Å². The van der Waals surface area contributed by atoms with Gasteiger partial charge in [0.1, 0.15) is 5.82 Å². The van der Waals surface area contributed by atoms with E-state index in [1.807, 2.05) is 32.0 Å². The van der Waals surface area contributed by atoms with Gasteiger partial charge in [-0.1, -0.05) is 12.1 Å². The Morgan fingerprint density at radius 3 is 2.39 bits per heavy atom. The van der Waals surface area contributed by atoms with Gasteiger partial charge in [-0.05, 0) is 44.2 Å². The molecule has 0 radical (unpaired) electrons. The molecule has 0 spiro atoms. The third kappa shape index (κ3) is 4.18. The summed E-state index contributed by atoms with van der Waals surface area (Å²) in [5.74, 6) is 0.754. The monoisotopic (exact) mass is 402 g/mol. The maximum absolute atomic E-state index is 12.9. The Morgan fingerprint density at radius 1 is 1.07 bits per heavy atom. The van der Waals surface area contributed by atoms with Crippen molar-refractivity contribution in [2.24, 2.45) is 0 Å². The van der Waals surface area contributed by atoms with Crippen LogP contribution in [0, 0.1) is 0 Å². The van der Waals surface area contributed by atoms with Gasteiger partial charge in [0, 0.05) is 51.0 Å². The van der Waals surface area contributed by atoms with Crippen LogP contribution in [0.1, 0.15) is 24.2 Å². The molecule has 0 unspecified atom stereocenters. The predicted molar refractivity (Wildman–Crippen MR) is 109 cm³/mol. The fourth-order valence-electron chi connectivity index (χ4n) is 3.10. The molecule has 2 aromatic rings. The number of nitrogens with zero attached hydrogens (tertiary/aromatic N) is 4. The molecular formula is C20H26N4O3S. The molecule has 8 heteroatoms. The number of benzene rings is 1. The van der Waals surface area contributed by atoms with Crippen LogP contribution in [0.25, 0.3) is 0 Å². The summed E-state index contributed by atoms with van der Waals surface area (Å²) in [6, 6.07) is 11.9. The van der Waals surface area contributed by atoms with E-state index in [9.17, 15) is 13.2 Å². The lowest BCUT2D eigenvalue weighted by Gasteiger charge is -2.35. The number of anilines is 1. The van der Waals surface area contributed by atoms with Crippen LogP contribution in [0.15, 0.2) is 53.6 Å². The second kappa shape index (κ2) is 8.28. The summed E-state index contributed by atoms with van der Waals surface area (Å²) in [6.45, 7) is 6.14. The molecule has 1 amide bonds. The van der Waals surface area contributed by atoms with E-state index in [0.29, 0.717) is 31.7 Å². The van der Waals surface area contributed by atoms with E-state index in [2.05, 4.69) is 9.88 Å². The first-order valence-electron chi connectivity index (χ1n) is 9.34. The van der Waals surface area contributed by atoms with E-state index in [1.54, 1.807) is 30.3 Å². The van der Waals surface area contributed by atoms with Crippen LogP contribution in [0.5, 0.6) is 0 Å². The fourth-order valence-corrected chi connectivity index (χ4v) is 4.51. The molecule has 0 atom stereocenters. The van der Waals surface area contributed by atoms with Crippen LogP contribution in [0.2, 0.25) is 0 Å². The average Bonchev–Trinajstić information content (AvgIpc) is 2.73. The van der Waals surface area contributed by atoms with E-state index in [4.69, 9.17) is 0 Å². The van der Waals surface area contributed by atoms with E-state index in [-0.39, 0.29) is 16.8 Å². The highest BCUT2D eigenvalue weighted by Crippen LogP contribution is 2.20. The lowest BCUT2D eigenvalue weighted by atomic mass is 10.2. The Morgan fingerprint density at radius 2 is 1.79 bits per heavy atom. The summed E-state index contributed by atoms with van der Waals surface area (Å²) in [4.78, 5) is 21.3. The third-order valence-corrected chi connectivity index (χ3v) is 7.05. The van der Waals surface area contributed by atoms with Crippen LogP contribution >= 0.6 is 0 Å². The SMILES string of the molecule is CC(C)N(C)S(=O)(=O)c1cccc(C(=O)N2CCN(c3ccccn3)CC2)c1. The number of hydrogen-bond donors (Lipinski definition) is 0. The lowest BCUT2D eigenvalue weighted by Crippen LogP contribution is -2.49. The molecule has 2 heterocycles. The minimum Gasteiger partial charge on any atom is -0.353 e. The first-order chi connectivity index (χ1) is 13.3. The van der Waals surface area contributed by atoms with Crippen molar-refractivity contribution in [1.29, 1.82) is 0 Å². The number of pyridine rings is 1. The first kappa shape index (κ1) is 20.3. The molecule has 1 saturated heterocycles. The zero-order valence-corrected chi connectivity index (χ0v) is 17.3. The molecule has 150 valence electrons. The number of carbonyl (C=O) groups is 1. The maximum Gasteiger partial charge on any atom is 0.254 e. The highest BCUT2D eigenvalue weighted by molar-refractivity contribution is 7.89. The van der Waals surface area contributed by atoms with Crippen molar-refractivity contribution in [2.75, 3.05) is 38.1 Å². The van der Waals surface area contributed by atoms with Gasteiger partial charge >= 0.3 is 0 Å². The van der Waals surface area contributed by atoms with Gasteiger partial charge < -0.3 is 9.80 Å². The highest BCUT2D eigenvalue weighted by Gasteiger charge is 2.26. The largest absolute Gasteiger partial charge is 0.353 e. The summed E-state index contributed by atoms with van der Waals surface area (Å²) in [6.07, 6.45) is 1.76. The van der Waals surface area contributed by atoms with Gasteiger partial charge in [-0.2, -0.15) is 4.31 Å². The van der Waals surface area contributed by atoms with Gasteiger partial charge in [-0.25, -0.2) is 13.4 Å². The van der Waals surface area contributed by atoms with E-state index >= 15 is 0 Å². The van der Waals surface area contributed by atoms with Gasteiger partial charge in [-0.3, -0.25) is 4.79 Å². The maximum atomic E-state index is 12.9. The smallest absolute Gasteiger partial charge is 0.254 e. The topological polar surface area (TPSA) is 73.8 Å². The van der Waals surface area contributed by atoms with Gasteiger partial charge in [0.2, 0.25) is 10.0 Å². The molecular weight excluding hydrogens is 376 g/mol. The number of hydrogen-bond acceptors (Lipinski definition) is 5. The van der Waals surface area contributed by atoms with Crippen molar-refractivity contribution >= 4 is 21.7 Å². The number of sulfonamides is 1. The number of rotatable bonds is 5. The molecule has 1 aromatic carbocycles. The molecule has 0 aliphatic carbocycles. The highest BCUT2D eigenvalue weighted by atomic mass is 32.2. The zero-order valence-electron chi connectivity index (χ0n) is 16.4. The molecule has 1 aliphatic heterocycles. The first-order valence-corrected chi connectivity index (χ1v) is 10.8. The molecule has 0 bridgehead atoms. The van der Waals surface area contributed by atoms with Crippen molar-refractivity contribution in [1.82, 2.24) is 14.2 Å². The van der Waals surface area contributed by atoms with Crippen molar-refractivity contribution in [2.45, 2.75) is 24.8 Å². The summed E-state index contributed by atoms with van der Waals surface area (Å²) in [7, 11) is -2.08. The van der Waals surface area contributed by atoms with Crippen molar-refractivity contribution < 1.29 is 13.2 Å². The number of aromatic nitrogens is 1.